The fraction of sp³-hybridized carbons (Fsp3) is 0.273. The zero-order valence-electron chi connectivity index (χ0n) is 17.2. The molecule has 1 amide bonds. The maximum atomic E-state index is 12.8. The summed E-state index contributed by atoms with van der Waals surface area (Å²) in [7, 11) is 3.30. The predicted octanol–water partition coefficient (Wildman–Crippen LogP) is 4.44. The molecule has 0 saturated carbocycles. The smallest absolute Gasteiger partial charge is 0.266 e. The molecule has 0 N–H and O–H groups in total. The van der Waals surface area contributed by atoms with Gasteiger partial charge in [-0.3, -0.25) is 9.69 Å². The number of hydrogen-bond donors (Lipinski definition) is 0. The molecular weight excluding hydrogens is 404 g/mol. The molecule has 0 bridgehead atoms. The minimum Gasteiger partial charge on any atom is -0.493 e. The van der Waals surface area contributed by atoms with Gasteiger partial charge >= 0.3 is 0 Å². The summed E-state index contributed by atoms with van der Waals surface area (Å²) >= 11 is 1.31. The SMILES string of the molecule is COc1cccc(/C=C2\SC(=Nc3ccc4c(c3)OCO4)N(C)C2=O)c1OC(C)C. The van der Waals surface area contributed by atoms with Gasteiger partial charge in [0.1, 0.15) is 0 Å². The predicted molar refractivity (Wildman–Crippen MR) is 117 cm³/mol. The van der Waals surface area contributed by atoms with Gasteiger partial charge in [0.25, 0.3) is 5.91 Å². The highest BCUT2D eigenvalue weighted by molar-refractivity contribution is 8.18. The fourth-order valence-corrected chi connectivity index (χ4v) is 4.00. The first-order valence-corrected chi connectivity index (χ1v) is 10.3. The van der Waals surface area contributed by atoms with Gasteiger partial charge in [-0.1, -0.05) is 12.1 Å². The van der Waals surface area contributed by atoms with Crippen LogP contribution in [0.1, 0.15) is 19.4 Å². The van der Waals surface area contributed by atoms with Crippen molar-refractivity contribution in [3.8, 4) is 23.0 Å². The molecule has 0 spiro atoms. The summed E-state index contributed by atoms with van der Waals surface area (Å²) in [6, 6.07) is 11.0. The quantitative estimate of drug-likeness (QED) is 0.658. The summed E-state index contributed by atoms with van der Waals surface area (Å²) in [5, 5.41) is 0.583. The maximum Gasteiger partial charge on any atom is 0.266 e. The number of amidine groups is 1. The molecule has 1 fully saturated rings. The van der Waals surface area contributed by atoms with E-state index in [4.69, 9.17) is 18.9 Å². The highest BCUT2D eigenvalue weighted by Gasteiger charge is 2.31. The lowest BCUT2D eigenvalue weighted by molar-refractivity contribution is -0.121. The lowest BCUT2D eigenvalue weighted by Crippen LogP contribution is -2.23. The van der Waals surface area contributed by atoms with Crippen LogP contribution in [0.25, 0.3) is 6.08 Å². The Hall–Kier alpha value is -3.13. The zero-order valence-corrected chi connectivity index (χ0v) is 18.0. The molecule has 156 valence electrons. The first-order chi connectivity index (χ1) is 14.5. The summed E-state index contributed by atoms with van der Waals surface area (Å²) < 4.78 is 22.1. The van der Waals surface area contributed by atoms with Crippen LogP contribution in [-0.2, 0) is 4.79 Å². The van der Waals surface area contributed by atoms with Crippen LogP contribution < -0.4 is 18.9 Å². The second-order valence-corrected chi connectivity index (χ2v) is 7.96. The van der Waals surface area contributed by atoms with Gasteiger partial charge in [0.2, 0.25) is 6.79 Å². The molecule has 0 radical (unpaired) electrons. The highest BCUT2D eigenvalue weighted by atomic mass is 32.2. The monoisotopic (exact) mass is 426 g/mol. The van der Waals surface area contributed by atoms with Crippen molar-refractivity contribution in [2.24, 2.45) is 4.99 Å². The first kappa shape index (κ1) is 20.2. The van der Waals surface area contributed by atoms with E-state index in [0.717, 1.165) is 5.56 Å². The van der Waals surface area contributed by atoms with Gasteiger partial charge in [-0.15, -0.1) is 0 Å². The van der Waals surface area contributed by atoms with Crippen molar-refractivity contribution in [3.63, 3.8) is 0 Å². The van der Waals surface area contributed by atoms with E-state index in [1.165, 1.54) is 16.7 Å². The molecule has 30 heavy (non-hydrogen) atoms. The number of carbonyl (C=O) groups excluding carboxylic acids is 1. The third-order valence-electron chi connectivity index (χ3n) is 4.45. The highest BCUT2D eigenvalue weighted by Crippen LogP contribution is 2.39. The number of para-hydroxylation sites is 1. The van der Waals surface area contributed by atoms with Crippen LogP contribution >= 0.6 is 11.8 Å². The maximum absolute atomic E-state index is 12.8. The number of benzene rings is 2. The summed E-state index contributed by atoms with van der Waals surface area (Å²) in [4.78, 5) is 19.5. The number of aliphatic imine (C=N–C) groups is 1. The first-order valence-electron chi connectivity index (χ1n) is 9.46. The average Bonchev–Trinajstić information content (AvgIpc) is 3.29. The lowest BCUT2D eigenvalue weighted by Gasteiger charge is -2.16. The molecule has 2 aliphatic rings. The molecule has 4 rings (SSSR count). The van der Waals surface area contributed by atoms with Crippen molar-refractivity contribution in [1.82, 2.24) is 4.90 Å². The van der Waals surface area contributed by atoms with E-state index in [1.807, 2.05) is 50.3 Å². The standard InChI is InChI=1S/C22H22N2O5S/c1-13(2)29-20-14(6-5-7-17(20)26-4)10-19-21(25)24(3)22(30-19)23-15-8-9-16-18(11-15)28-12-27-16/h5-11,13H,12H2,1-4H3/b19-10-,23-22?. The Morgan fingerprint density at radius 2 is 2.00 bits per heavy atom. The Balaban J connectivity index is 1.65. The third-order valence-corrected chi connectivity index (χ3v) is 5.51. The van der Waals surface area contributed by atoms with Crippen LogP contribution in [0.2, 0.25) is 0 Å². The van der Waals surface area contributed by atoms with Crippen LogP contribution in [0.5, 0.6) is 23.0 Å². The van der Waals surface area contributed by atoms with Crippen LogP contribution in [0.15, 0.2) is 46.3 Å². The average molecular weight is 426 g/mol. The Kier molecular flexibility index (Phi) is 5.59. The molecule has 2 aromatic rings. The van der Waals surface area contributed by atoms with Gasteiger partial charge in [-0.05, 0) is 49.9 Å². The summed E-state index contributed by atoms with van der Waals surface area (Å²) in [6.45, 7) is 4.10. The van der Waals surface area contributed by atoms with Crippen molar-refractivity contribution in [3.05, 3.63) is 46.9 Å². The number of amides is 1. The fourth-order valence-electron chi connectivity index (χ4n) is 3.03. The molecule has 0 unspecified atom stereocenters. The van der Waals surface area contributed by atoms with E-state index in [1.54, 1.807) is 20.2 Å². The van der Waals surface area contributed by atoms with Gasteiger partial charge < -0.3 is 18.9 Å². The van der Waals surface area contributed by atoms with Gasteiger partial charge in [-0.25, -0.2) is 4.99 Å². The van der Waals surface area contributed by atoms with E-state index >= 15 is 0 Å². The number of thioether (sulfide) groups is 1. The Bertz CT molecular complexity index is 1050. The number of ether oxygens (including phenoxy) is 4. The number of carbonyl (C=O) groups is 1. The van der Waals surface area contributed by atoms with E-state index in [-0.39, 0.29) is 18.8 Å². The number of nitrogens with zero attached hydrogens (tertiary/aromatic N) is 2. The Labute approximate surface area is 179 Å². The normalized spacial score (nSPS) is 18.0. The van der Waals surface area contributed by atoms with E-state index in [2.05, 4.69) is 4.99 Å². The summed E-state index contributed by atoms with van der Waals surface area (Å²) in [5.41, 5.74) is 1.46. The van der Waals surface area contributed by atoms with Gasteiger partial charge in [0, 0.05) is 18.7 Å². The molecule has 1 saturated heterocycles. The molecular formula is C22H22N2O5S. The molecule has 8 heteroatoms. The van der Waals surface area contributed by atoms with E-state index in [0.29, 0.717) is 38.8 Å². The largest absolute Gasteiger partial charge is 0.493 e. The second-order valence-electron chi connectivity index (χ2n) is 6.95. The minimum absolute atomic E-state index is 0.0313. The molecule has 0 aliphatic carbocycles. The van der Waals surface area contributed by atoms with Crippen LogP contribution in [-0.4, -0.2) is 43.0 Å². The number of methoxy groups -OCH3 is 1. The van der Waals surface area contributed by atoms with Gasteiger partial charge in [0.15, 0.2) is 28.2 Å². The molecule has 0 aromatic heterocycles. The number of likely N-dealkylation sites (N-methyl/N-ethyl adjacent to an activating group) is 1. The molecule has 2 aliphatic heterocycles. The van der Waals surface area contributed by atoms with Crippen molar-refractivity contribution in [2.45, 2.75) is 20.0 Å². The second kappa shape index (κ2) is 8.31. The van der Waals surface area contributed by atoms with Crippen molar-refractivity contribution in [2.75, 3.05) is 21.0 Å². The molecule has 2 heterocycles. The minimum atomic E-state index is -0.127. The van der Waals surface area contributed by atoms with Crippen LogP contribution in [0, 0.1) is 0 Å². The molecule has 2 aromatic carbocycles. The van der Waals surface area contributed by atoms with E-state index < -0.39 is 0 Å². The van der Waals surface area contributed by atoms with Crippen molar-refractivity contribution < 1.29 is 23.7 Å². The zero-order chi connectivity index (χ0) is 21.3. The lowest BCUT2D eigenvalue weighted by atomic mass is 10.1. The molecule has 7 nitrogen and oxygen atoms in total. The number of fused-ring (bicyclic) bond motifs is 1. The summed E-state index contributed by atoms with van der Waals surface area (Å²) in [6.07, 6.45) is 1.78. The third kappa shape index (κ3) is 3.95. The van der Waals surface area contributed by atoms with Gasteiger partial charge in [-0.2, -0.15) is 0 Å². The van der Waals surface area contributed by atoms with Gasteiger partial charge in [0.05, 0.1) is 23.8 Å². The Morgan fingerprint density at radius 3 is 2.77 bits per heavy atom. The number of rotatable bonds is 5. The number of hydrogen-bond acceptors (Lipinski definition) is 7. The topological polar surface area (TPSA) is 69.6 Å². The Morgan fingerprint density at radius 1 is 1.20 bits per heavy atom. The van der Waals surface area contributed by atoms with E-state index in [9.17, 15) is 4.79 Å². The van der Waals surface area contributed by atoms with Crippen molar-refractivity contribution >= 4 is 34.6 Å². The van der Waals surface area contributed by atoms with Crippen LogP contribution in [0.3, 0.4) is 0 Å². The van der Waals surface area contributed by atoms with Crippen LogP contribution in [0.4, 0.5) is 5.69 Å². The molecule has 0 atom stereocenters. The summed E-state index contributed by atoms with van der Waals surface area (Å²) in [5.74, 6) is 2.45. The van der Waals surface area contributed by atoms with Crippen molar-refractivity contribution in [1.29, 1.82) is 0 Å².